The van der Waals surface area contributed by atoms with Crippen LogP contribution in [0.2, 0.25) is 0 Å². The van der Waals surface area contributed by atoms with Crippen molar-refractivity contribution < 1.29 is 14.3 Å². The Kier molecular flexibility index (Phi) is 4.61. The van der Waals surface area contributed by atoms with E-state index in [4.69, 9.17) is 9.47 Å². The third kappa shape index (κ3) is 3.37. The number of allylic oxidation sites excluding steroid dienone is 2. The maximum absolute atomic E-state index is 12.0. The molecule has 0 aliphatic heterocycles. The van der Waals surface area contributed by atoms with Gasteiger partial charge in [0.15, 0.2) is 17.3 Å². The molecule has 0 amide bonds. The largest absolute Gasteiger partial charge is 0.493 e. The highest BCUT2D eigenvalue weighted by atomic mass is 16.5. The molecule has 1 saturated carbocycles. The smallest absolute Gasteiger partial charge is 0.185 e. The van der Waals surface area contributed by atoms with Crippen molar-refractivity contribution in [2.45, 2.75) is 0 Å². The summed E-state index contributed by atoms with van der Waals surface area (Å²) < 4.78 is 10.3. The van der Waals surface area contributed by atoms with E-state index in [2.05, 4.69) is 0 Å². The average molecular weight is 255 g/mol. The first-order valence-electron chi connectivity index (χ1n) is 5.90. The molecule has 0 aromatic heterocycles. The highest BCUT2D eigenvalue weighted by Crippen LogP contribution is 2.28. The van der Waals surface area contributed by atoms with E-state index in [0.29, 0.717) is 17.1 Å². The van der Waals surface area contributed by atoms with Gasteiger partial charge in [-0.15, -0.1) is 0 Å². The topological polar surface area (TPSA) is 35.5 Å². The molecule has 1 fully saturated rings. The van der Waals surface area contributed by atoms with Crippen LogP contribution in [0.1, 0.15) is 10.4 Å². The maximum Gasteiger partial charge on any atom is 0.185 e. The molecule has 97 valence electrons. The van der Waals surface area contributed by atoms with Crippen LogP contribution in [0.15, 0.2) is 30.4 Å². The van der Waals surface area contributed by atoms with E-state index in [1.807, 2.05) is 25.7 Å². The van der Waals surface area contributed by atoms with Crippen LogP contribution in [-0.4, -0.2) is 20.0 Å². The van der Waals surface area contributed by atoms with Gasteiger partial charge in [-0.3, -0.25) is 4.79 Å². The van der Waals surface area contributed by atoms with Gasteiger partial charge < -0.3 is 9.47 Å². The zero-order chi connectivity index (χ0) is 13.7. The molecule has 1 aliphatic rings. The first-order valence-corrected chi connectivity index (χ1v) is 5.90. The summed E-state index contributed by atoms with van der Waals surface area (Å²) in [5.74, 6) is 2.10. The molecule has 0 N–H and O–H groups in total. The number of methoxy groups -OCH3 is 2. The van der Waals surface area contributed by atoms with E-state index in [9.17, 15) is 4.79 Å². The van der Waals surface area contributed by atoms with Crippen LogP contribution < -0.4 is 9.47 Å². The van der Waals surface area contributed by atoms with Crippen LogP contribution in [0.3, 0.4) is 0 Å². The molecule has 0 atom stereocenters. The summed E-state index contributed by atoms with van der Waals surface area (Å²) in [5, 5.41) is 0. The average Bonchev–Trinajstić information content (AvgIpc) is 2.97. The molecule has 0 saturated heterocycles. The van der Waals surface area contributed by atoms with E-state index in [1.54, 1.807) is 44.6 Å². The summed E-state index contributed by atoms with van der Waals surface area (Å²) in [6.45, 7) is 0. The first-order chi connectivity index (χ1) is 9.24. The zero-order valence-corrected chi connectivity index (χ0v) is 10.9. The van der Waals surface area contributed by atoms with Gasteiger partial charge in [0, 0.05) is 11.5 Å². The van der Waals surface area contributed by atoms with Gasteiger partial charge in [0.1, 0.15) is 0 Å². The normalized spacial score (nSPS) is 15.9. The Morgan fingerprint density at radius 2 is 1.74 bits per heavy atom. The minimum absolute atomic E-state index is 0.0675. The van der Waals surface area contributed by atoms with Crippen LogP contribution in [0, 0.1) is 31.6 Å². The van der Waals surface area contributed by atoms with E-state index in [0.717, 1.165) is 5.92 Å². The fourth-order valence-corrected chi connectivity index (χ4v) is 1.76. The van der Waals surface area contributed by atoms with Gasteiger partial charge in [-0.1, -0.05) is 6.08 Å². The van der Waals surface area contributed by atoms with Crippen molar-refractivity contribution in [3.8, 4) is 11.5 Å². The summed E-state index contributed by atoms with van der Waals surface area (Å²) in [6, 6.07) is 5.12. The minimum Gasteiger partial charge on any atom is -0.493 e. The van der Waals surface area contributed by atoms with E-state index in [1.165, 1.54) is 0 Å². The molecular formula is C16H15O3. The van der Waals surface area contributed by atoms with Crippen molar-refractivity contribution in [3.05, 3.63) is 67.5 Å². The molecule has 19 heavy (non-hydrogen) atoms. The molecule has 3 heteroatoms. The van der Waals surface area contributed by atoms with E-state index >= 15 is 0 Å². The van der Waals surface area contributed by atoms with Crippen molar-refractivity contribution >= 4 is 5.78 Å². The van der Waals surface area contributed by atoms with Crippen LogP contribution >= 0.6 is 0 Å². The SMILES string of the molecule is COc1ccc(C(=O)/C=C/[C]2[CH][CH][CH][CH]2)cc1OC. The number of rotatable bonds is 5. The molecule has 2 rings (SSSR count). The number of hydrogen-bond donors (Lipinski definition) is 0. The molecular weight excluding hydrogens is 240 g/mol. The minimum atomic E-state index is -0.0675. The molecule has 1 aliphatic carbocycles. The lowest BCUT2D eigenvalue weighted by Gasteiger charge is -2.08. The summed E-state index contributed by atoms with van der Waals surface area (Å²) >= 11 is 0. The fourth-order valence-electron chi connectivity index (χ4n) is 1.76. The maximum atomic E-state index is 12.0. The number of carbonyl (C=O) groups is 1. The Hall–Kier alpha value is -1.77. The van der Waals surface area contributed by atoms with Gasteiger partial charge in [0.2, 0.25) is 0 Å². The lowest BCUT2D eigenvalue weighted by molar-refractivity contribution is 0.104. The number of benzene rings is 1. The molecule has 0 bridgehead atoms. The monoisotopic (exact) mass is 255 g/mol. The number of hydrogen-bond acceptors (Lipinski definition) is 3. The molecule has 0 unspecified atom stereocenters. The van der Waals surface area contributed by atoms with Gasteiger partial charge in [-0.05, 0) is 50.0 Å². The van der Waals surface area contributed by atoms with E-state index in [-0.39, 0.29) is 5.78 Å². The lowest BCUT2D eigenvalue weighted by Crippen LogP contribution is -1.98. The van der Waals surface area contributed by atoms with Crippen LogP contribution in [0.5, 0.6) is 11.5 Å². The highest BCUT2D eigenvalue weighted by molar-refractivity contribution is 6.05. The first kappa shape index (κ1) is 13.7. The molecule has 1 aromatic carbocycles. The second-order valence-electron chi connectivity index (χ2n) is 3.99. The van der Waals surface area contributed by atoms with Crippen molar-refractivity contribution in [1.29, 1.82) is 0 Å². The Labute approximate surface area is 114 Å². The van der Waals surface area contributed by atoms with Crippen molar-refractivity contribution in [3.63, 3.8) is 0 Å². The standard InChI is InChI=1S/C16H15O3/c1-18-15-10-8-13(11-16(15)19-2)14(17)9-7-12-5-3-4-6-12/h3-11H,1-2H3/b9-7+. The second kappa shape index (κ2) is 6.41. The third-order valence-electron chi connectivity index (χ3n) is 2.78. The second-order valence-corrected chi connectivity index (χ2v) is 3.99. The predicted molar refractivity (Wildman–Crippen MR) is 73.5 cm³/mol. The van der Waals surface area contributed by atoms with Gasteiger partial charge in [0.25, 0.3) is 0 Å². The zero-order valence-electron chi connectivity index (χ0n) is 10.9. The Morgan fingerprint density at radius 3 is 2.37 bits per heavy atom. The Balaban J connectivity index is 2.10. The predicted octanol–water partition coefficient (Wildman–Crippen LogP) is 2.85. The van der Waals surface area contributed by atoms with E-state index < -0.39 is 0 Å². The number of ketones is 1. The summed E-state index contributed by atoms with van der Waals surface area (Å²) in [4.78, 5) is 12.0. The van der Waals surface area contributed by atoms with Crippen LogP contribution in [0.25, 0.3) is 0 Å². The molecule has 0 spiro atoms. The van der Waals surface area contributed by atoms with Crippen molar-refractivity contribution in [2.75, 3.05) is 14.2 Å². The van der Waals surface area contributed by atoms with Gasteiger partial charge >= 0.3 is 0 Å². The van der Waals surface area contributed by atoms with Crippen LogP contribution in [0.4, 0.5) is 0 Å². The van der Waals surface area contributed by atoms with Gasteiger partial charge in [-0.2, -0.15) is 0 Å². The number of ether oxygens (including phenoxy) is 2. The lowest BCUT2D eigenvalue weighted by atomic mass is 10.0. The summed E-state index contributed by atoms with van der Waals surface area (Å²) in [7, 11) is 3.11. The summed E-state index contributed by atoms with van der Waals surface area (Å²) in [5.41, 5.74) is 0.570. The fraction of sp³-hybridized carbons (Fsp3) is 0.125. The Bertz CT molecular complexity index is 471. The van der Waals surface area contributed by atoms with Crippen molar-refractivity contribution in [2.24, 2.45) is 0 Å². The van der Waals surface area contributed by atoms with Gasteiger partial charge in [-0.25, -0.2) is 0 Å². The van der Waals surface area contributed by atoms with Crippen LogP contribution in [-0.2, 0) is 0 Å². The molecule has 0 heterocycles. The Morgan fingerprint density at radius 1 is 1.05 bits per heavy atom. The number of carbonyl (C=O) groups excluding carboxylic acids is 1. The molecule has 3 nitrogen and oxygen atoms in total. The molecule has 1 aromatic rings. The quantitative estimate of drug-likeness (QED) is 0.599. The third-order valence-corrected chi connectivity index (χ3v) is 2.78. The van der Waals surface area contributed by atoms with Gasteiger partial charge in [0.05, 0.1) is 14.2 Å². The molecule has 5 radical (unpaired) electrons. The highest BCUT2D eigenvalue weighted by Gasteiger charge is 2.14. The summed E-state index contributed by atoms with van der Waals surface area (Å²) in [6.07, 6.45) is 11.1. The van der Waals surface area contributed by atoms with Crippen molar-refractivity contribution in [1.82, 2.24) is 0 Å².